The molecule has 3 rings (SSSR count). The molecule has 0 aliphatic rings. The third-order valence-electron chi connectivity index (χ3n) is 3.38. The minimum atomic E-state index is -0.221. The van der Waals surface area contributed by atoms with E-state index < -0.39 is 0 Å². The molecule has 0 amide bonds. The van der Waals surface area contributed by atoms with Gasteiger partial charge in [0.15, 0.2) is 0 Å². The maximum absolute atomic E-state index is 13.7. The number of imidazole rings is 1. The molecule has 0 saturated carbocycles. The molecule has 0 radical (unpaired) electrons. The molecule has 1 aromatic heterocycles. The van der Waals surface area contributed by atoms with Crippen LogP contribution in [0.15, 0.2) is 36.4 Å². The lowest BCUT2D eigenvalue weighted by atomic mass is 10.1. The summed E-state index contributed by atoms with van der Waals surface area (Å²) >= 11 is 12.0. The normalized spacial score (nSPS) is 11.2. The fraction of sp³-hybridized carbons (Fsp3) is 0.133. The fourth-order valence-electron chi connectivity index (χ4n) is 2.31. The molecule has 0 saturated heterocycles. The monoisotopic (exact) mass is 323 g/mol. The van der Waals surface area contributed by atoms with Gasteiger partial charge in [0.25, 0.3) is 0 Å². The third kappa shape index (κ3) is 2.69. The predicted octanol–water partition coefficient (Wildman–Crippen LogP) is 4.31. The molecule has 6 heteroatoms. The van der Waals surface area contributed by atoms with Crippen molar-refractivity contribution >= 4 is 40.2 Å². The van der Waals surface area contributed by atoms with Crippen molar-refractivity contribution in [1.82, 2.24) is 9.55 Å². The number of aromatic nitrogens is 2. The van der Waals surface area contributed by atoms with E-state index in [4.69, 9.17) is 28.9 Å². The Balaban J connectivity index is 1.95. The summed E-state index contributed by atoms with van der Waals surface area (Å²) in [6, 6.07) is 10.1. The average Bonchev–Trinajstić information content (AvgIpc) is 2.74. The number of nitrogens with zero attached hydrogens (tertiary/aromatic N) is 2. The Labute approximate surface area is 131 Å². The molecule has 3 nitrogen and oxygen atoms in total. The Morgan fingerprint density at radius 2 is 1.86 bits per heavy atom. The van der Waals surface area contributed by atoms with Gasteiger partial charge in [-0.25, -0.2) is 9.37 Å². The number of nitrogens with two attached hydrogens (primary N) is 1. The van der Waals surface area contributed by atoms with Gasteiger partial charge in [-0.3, -0.25) is 0 Å². The summed E-state index contributed by atoms with van der Waals surface area (Å²) in [5.74, 6) is 0.140. The highest BCUT2D eigenvalue weighted by Gasteiger charge is 2.11. The number of halogens is 3. The van der Waals surface area contributed by atoms with Gasteiger partial charge in [0.1, 0.15) is 5.82 Å². The van der Waals surface area contributed by atoms with Crippen molar-refractivity contribution < 1.29 is 4.39 Å². The first-order chi connectivity index (χ1) is 10.1. The van der Waals surface area contributed by atoms with Crippen molar-refractivity contribution in [2.24, 2.45) is 0 Å². The molecule has 21 heavy (non-hydrogen) atoms. The lowest BCUT2D eigenvalue weighted by Crippen LogP contribution is -2.06. The first-order valence-electron chi connectivity index (χ1n) is 6.40. The standard InChI is InChI=1S/C15H12Cl2FN3/c16-10-7-13-14(8-11(10)17)21(15(19)20-13)6-5-9-3-1-2-4-12(9)18/h1-4,7-8H,5-6H2,(H2,19,20). The maximum atomic E-state index is 13.7. The van der Waals surface area contributed by atoms with Crippen LogP contribution in [0.1, 0.15) is 5.56 Å². The first-order valence-corrected chi connectivity index (χ1v) is 7.16. The molecule has 0 aliphatic carbocycles. The number of rotatable bonds is 3. The molecular formula is C15H12Cl2FN3. The van der Waals surface area contributed by atoms with E-state index in [1.165, 1.54) is 6.07 Å². The second-order valence-electron chi connectivity index (χ2n) is 4.72. The molecule has 0 spiro atoms. The molecule has 0 bridgehead atoms. The molecule has 108 valence electrons. The van der Waals surface area contributed by atoms with Crippen LogP contribution in [0.3, 0.4) is 0 Å². The number of benzene rings is 2. The topological polar surface area (TPSA) is 43.8 Å². The first kappa shape index (κ1) is 14.2. The van der Waals surface area contributed by atoms with Crippen molar-refractivity contribution in [2.75, 3.05) is 5.73 Å². The van der Waals surface area contributed by atoms with Crippen molar-refractivity contribution in [1.29, 1.82) is 0 Å². The average molecular weight is 324 g/mol. The predicted molar refractivity (Wildman–Crippen MR) is 84.3 cm³/mol. The van der Waals surface area contributed by atoms with Crippen LogP contribution in [-0.2, 0) is 13.0 Å². The molecule has 0 fully saturated rings. The largest absolute Gasteiger partial charge is 0.369 e. The highest BCUT2D eigenvalue weighted by molar-refractivity contribution is 6.42. The Morgan fingerprint density at radius 1 is 1.14 bits per heavy atom. The zero-order valence-electron chi connectivity index (χ0n) is 11.0. The number of nitrogen functional groups attached to an aromatic ring is 1. The van der Waals surface area contributed by atoms with Crippen LogP contribution in [-0.4, -0.2) is 9.55 Å². The maximum Gasteiger partial charge on any atom is 0.201 e. The van der Waals surface area contributed by atoms with Crippen LogP contribution in [0.25, 0.3) is 11.0 Å². The van der Waals surface area contributed by atoms with Crippen LogP contribution in [0, 0.1) is 5.82 Å². The van der Waals surface area contributed by atoms with Crippen molar-refractivity contribution in [2.45, 2.75) is 13.0 Å². The highest BCUT2D eigenvalue weighted by Crippen LogP contribution is 2.29. The lowest BCUT2D eigenvalue weighted by molar-refractivity contribution is 0.597. The van der Waals surface area contributed by atoms with E-state index in [2.05, 4.69) is 4.98 Å². The zero-order valence-corrected chi connectivity index (χ0v) is 12.5. The molecule has 0 aliphatic heterocycles. The highest BCUT2D eigenvalue weighted by atomic mass is 35.5. The van der Waals surface area contributed by atoms with Gasteiger partial charge in [0.05, 0.1) is 21.1 Å². The van der Waals surface area contributed by atoms with Crippen molar-refractivity contribution in [3.63, 3.8) is 0 Å². The van der Waals surface area contributed by atoms with Crippen molar-refractivity contribution in [3.8, 4) is 0 Å². The van der Waals surface area contributed by atoms with E-state index in [0.29, 0.717) is 40.0 Å². The third-order valence-corrected chi connectivity index (χ3v) is 4.10. The van der Waals surface area contributed by atoms with Gasteiger partial charge < -0.3 is 10.3 Å². The van der Waals surface area contributed by atoms with Gasteiger partial charge in [-0.05, 0) is 30.2 Å². The van der Waals surface area contributed by atoms with Gasteiger partial charge in [0, 0.05) is 6.54 Å². The zero-order chi connectivity index (χ0) is 15.0. The molecule has 3 aromatic rings. The summed E-state index contributed by atoms with van der Waals surface area (Å²) in [6.07, 6.45) is 0.516. The molecule has 0 unspecified atom stereocenters. The smallest absolute Gasteiger partial charge is 0.201 e. The Kier molecular flexibility index (Phi) is 3.74. The SMILES string of the molecule is Nc1nc2cc(Cl)c(Cl)cc2n1CCc1ccccc1F. The fourth-order valence-corrected chi connectivity index (χ4v) is 2.62. The van der Waals surface area contributed by atoms with E-state index in [9.17, 15) is 4.39 Å². The molecule has 2 N–H and O–H groups in total. The van der Waals surface area contributed by atoms with Crippen LogP contribution in [0.2, 0.25) is 10.0 Å². The molecule has 1 heterocycles. The van der Waals surface area contributed by atoms with E-state index in [0.717, 1.165) is 5.52 Å². The summed E-state index contributed by atoms with van der Waals surface area (Å²) < 4.78 is 15.5. The molecule has 2 aromatic carbocycles. The van der Waals surface area contributed by atoms with Gasteiger partial charge in [-0.2, -0.15) is 0 Å². The van der Waals surface area contributed by atoms with E-state index in [-0.39, 0.29) is 5.82 Å². The Hall–Kier alpha value is -1.78. The Bertz CT molecular complexity index is 814. The van der Waals surface area contributed by atoms with E-state index in [1.807, 2.05) is 10.6 Å². The number of fused-ring (bicyclic) bond motifs is 1. The summed E-state index contributed by atoms with van der Waals surface area (Å²) in [6.45, 7) is 0.515. The number of aryl methyl sites for hydroxylation is 2. The van der Waals surface area contributed by atoms with Gasteiger partial charge in [0.2, 0.25) is 5.95 Å². The van der Waals surface area contributed by atoms with Crippen LogP contribution >= 0.6 is 23.2 Å². The van der Waals surface area contributed by atoms with Crippen molar-refractivity contribution in [3.05, 3.63) is 57.8 Å². The summed E-state index contributed by atoms with van der Waals surface area (Å²) in [5, 5.41) is 0.874. The van der Waals surface area contributed by atoms with Gasteiger partial charge >= 0.3 is 0 Å². The molecule has 0 atom stereocenters. The van der Waals surface area contributed by atoms with Gasteiger partial charge in [-0.15, -0.1) is 0 Å². The van der Waals surface area contributed by atoms with E-state index in [1.54, 1.807) is 24.3 Å². The lowest BCUT2D eigenvalue weighted by Gasteiger charge is -2.08. The van der Waals surface area contributed by atoms with Crippen LogP contribution in [0.4, 0.5) is 10.3 Å². The summed E-state index contributed by atoms with van der Waals surface area (Å²) in [7, 11) is 0. The molecular weight excluding hydrogens is 312 g/mol. The van der Waals surface area contributed by atoms with Crippen LogP contribution < -0.4 is 5.73 Å². The number of hydrogen-bond donors (Lipinski definition) is 1. The quantitative estimate of drug-likeness (QED) is 0.780. The van der Waals surface area contributed by atoms with E-state index >= 15 is 0 Å². The Morgan fingerprint density at radius 3 is 2.62 bits per heavy atom. The minimum absolute atomic E-state index is 0.221. The number of anilines is 1. The summed E-state index contributed by atoms with van der Waals surface area (Å²) in [5.41, 5.74) is 8.03. The second-order valence-corrected chi connectivity index (χ2v) is 5.53. The summed E-state index contributed by atoms with van der Waals surface area (Å²) in [4.78, 5) is 4.25. The minimum Gasteiger partial charge on any atom is -0.369 e. The van der Waals surface area contributed by atoms with Crippen LogP contribution in [0.5, 0.6) is 0 Å². The van der Waals surface area contributed by atoms with Gasteiger partial charge in [-0.1, -0.05) is 41.4 Å². The number of hydrogen-bond acceptors (Lipinski definition) is 2. The second kappa shape index (κ2) is 5.54.